The zero-order chi connectivity index (χ0) is 13.8. The van der Waals surface area contributed by atoms with Gasteiger partial charge >= 0.3 is 5.97 Å². The summed E-state index contributed by atoms with van der Waals surface area (Å²) in [7, 11) is 0. The predicted octanol–water partition coefficient (Wildman–Crippen LogP) is 2.71. The third-order valence-corrected chi connectivity index (χ3v) is 3.76. The van der Waals surface area contributed by atoms with Gasteiger partial charge < -0.3 is 15.6 Å². The SMILES string of the molecule is CCC1CCCCC1Oc1cnc(N)cc1C(=O)O. The fourth-order valence-corrected chi connectivity index (χ4v) is 2.68. The Bertz CT molecular complexity index is 462. The van der Waals surface area contributed by atoms with E-state index in [0.29, 0.717) is 11.7 Å². The molecule has 1 saturated carbocycles. The molecule has 3 N–H and O–H groups in total. The lowest BCUT2D eigenvalue weighted by Crippen LogP contribution is -2.30. The van der Waals surface area contributed by atoms with Crippen molar-refractivity contribution in [2.24, 2.45) is 5.92 Å². The lowest BCUT2D eigenvalue weighted by molar-refractivity contribution is 0.0663. The summed E-state index contributed by atoms with van der Waals surface area (Å²) in [6.45, 7) is 2.14. The average Bonchev–Trinajstić information content (AvgIpc) is 2.41. The van der Waals surface area contributed by atoms with Crippen LogP contribution in [0.4, 0.5) is 5.82 Å². The maximum absolute atomic E-state index is 11.2. The molecule has 104 valence electrons. The van der Waals surface area contributed by atoms with Crippen LogP contribution in [0.15, 0.2) is 12.3 Å². The first-order valence-electron chi connectivity index (χ1n) is 6.77. The zero-order valence-electron chi connectivity index (χ0n) is 11.1. The quantitative estimate of drug-likeness (QED) is 0.873. The molecule has 0 amide bonds. The molecule has 0 saturated heterocycles. The Morgan fingerprint density at radius 1 is 1.53 bits per heavy atom. The molecule has 1 aliphatic rings. The van der Waals surface area contributed by atoms with E-state index in [-0.39, 0.29) is 17.5 Å². The van der Waals surface area contributed by atoms with E-state index in [0.717, 1.165) is 25.7 Å². The van der Waals surface area contributed by atoms with Crippen molar-refractivity contribution in [2.45, 2.75) is 45.1 Å². The summed E-state index contributed by atoms with van der Waals surface area (Å²) in [5.74, 6) is -0.0200. The van der Waals surface area contributed by atoms with Gasteiger partial charge in [0.2, 0.25) is 0 Å². The summed E-state index contributed by atoms with van der Waals surface area (Å²) >= 11 is 0. The molecule has 19 heavy (non-hydrogen) atoms. The number of ether oxygens (including phenoxy) is 1. The standard InChI is InChI=1S/C14H20N2O3/c1-2-9-5-3-4-6-11(9)19-12-8-16-13(15)7-10(12)14(17)18/h7-9,11H,2-6H2,1H3,(H2,15,16)(H,17,18). The van der Waals surface area contributed by atoms with Crippen LogP contribution >= 0.6 is 0 Å². The van der Waals surface area contributed by atoms with Gasteiger partial charge in [-0.3, -0.25) is 0 Å². The third-order valence-electron chi connectivity index (χ3n) is 3.76. The molecule has 2 rings (SSSR count). The summed E-state index contributed by atoms with van der Waals surface area (Å²) in [5.41, 5.74) is 5.61. The molecule has 1 aromatic rings. The van der Waals surface area contributed by atoms with E-state index in [1.165, 1.54) is 18.7 Å². The molecule has 1 aliphatic carbocycles. The Labute approximate surface area is 112 Å². The molecule has 1 fully saturated rings. The highest BCUT2D eigenvalue weighted by molar-refractivity contribution is 5.91. The van der Waals surface area contributed by atoms with E-state index in [4.69, 9.17) is 10.5 Å². The monoisotopic (exact) mass is 264 g/mol. The summed E-state index contributed by atoms with van der Waals surface area (Å²) < 4.78 is 5.91. The van der Waals surface area contributed by atoms with Crippen molar-refractivity contribution in [3.8, 4) is 5.75 Å². The lowest BCUT2D eigenvalue weighted by Gasteiger charge is -2.31. The molecule has 1 heterocycles. The number of pyridine rings is 1. The van der Waals surface area contributed by atoms with Crippen LogP contribution in [-0.2, 0) is 0 Å². The van der Waals surface area contributed by atoms with E-state index >= 15 is 0 Å². The van der Waals surface area contributed by atoms with Gasteiger partial charge in [0.1, 0.15) is 17.5 Å². The smallest absolute Gasteiger partial charge is 0.339 e. The van der Waals surface area contributed by atoms with Gasteiger partial charge in [0.25, 0.3) is 0 Å². The first-order chi connectivity index (χ1) is 9.11. The minimum Gasteiger partial charge on any atom is -0.488 e. The van der Waals surface area contributed by atoms with Gasteiger partial charge in [-0.25, -0.2) is 9.78 Å². The number of hydrogen-bond acceptors (Lipinski definition) is 4. The number of carboxylic acids is 1. The highest BCUT2D eigenvalue weighted by atomic mass is 16.5. The Morgan fingerprint density at radius 2 is 2.26 bits per heavy atom. The molecular formula is C14H20N2O3. The van der Waals surface area contributed by atoms with Gasteiger partial charge in [-0.1, -0.05) is 13.3 Å². The van der Waals surface area contributed by atoms with Crippen LogP contribution in [0.3, 0.4) is 0 Å². The highest BCUT2D eigenvalue weighted by Gasteiger charge is 2.26. The zero-order valence-corrected chi connectivity index (χ0v) is 11.1. The van der Waals surface area contributed by atoms with Crippen molar-refractivity contribution in [1.29, 1.82) is 0 Å². The van der Waals surface area contributed by atoms with Gasteiger partial charge in [-0.2, -0.15) is 0 Å². The molecule has 0 bridgehead atoms. The van der Waals surface area contributed by atoms with Crippen molar-refractivity contribution >= 4 is 11.8 Å². The number of carbonyl (C=O) groups is 1. The Kier molecular flexibility index (Phi) is 4.24. The van der Waals surface area contributed by atoms with Crippen LogP contribution in [0.1, 0.15) is 49.4 Å². The van der Waals surface area contributed by atoms with E-state index in [1.54, 1.807) is 0 Å². The van der Waals surface area contributed by atoms with Crippen molar-refractivity contribution in [1.82, 2.24) is 4.98 Å². The van der Waals surface area contributed by atoms with Crippen LogP contribution in [0.25, 0.3) is 0 Å². The molecule has 5 heteroatoms. The molecule has 0 aliphatic heterocycles. The maximum Gasteiger partial charge on any atom is 0.339 e. The van der Waals surface area contributed by atoms with E-state index in [1.807, 2.05) is 0 Å². The number of carboxylic acid groups (broad SMARTS) is 1. The summed E-state index contributed by atoms with van der Waals surface area (Å²) in [5, 5.41) is 9.18. The second-order valence-electron chi connectivity index (χ2n) is 5.02. The number of nitrogens with zero attached hydrogens (tertiary/aromatic N) is 1. The summed E-state index contributed by atoms with van der Waals surface area (Å²) in [6, 6.07) is 1.35. The number of aromatic carboxylic acids is 1. The predicted molar refractivity (Wildman–Crippen MR) is 72.3 cm³/mol. The number of nitrogen functional groups attached to an aromatic ring is 1. The van der Waals surface area contributed by atoms with Crippen LogP contribution in [0.2, 0.25) is 0 Å². The Balaban J connectivity index is 2.20. The van der Waals surface area contributed by atoms with Crippen LogP contribution < -0.4 is 10.5 Å². The number of anilines is 1. The second-order valence-corrected chi connectivity index (χ2v) is 5.02. The molecule has 0 aromatic carbocycles. The van der Waals surface area contributed by atoms with Gasteiger partial charge in [-0.15, -0.1) is 0 Å². The number of aromatic nitrogens is 1. The minimum absolute atomic E-state index is 0.0854. The molecule has 0 spiro atoms. The number of nitrogens with two attached hydrogens (primary N) is 1. The number of hydrogen-bond donors (Lipinski definition) is 2. The Hall–Kier alpha value is -1.78. The van der Waals surface area contributed by atoms with Gasteiger partial charge in [0.15, 0.2) is 5.75 Å². The van der Waals surface area contributed by atoms with Crippen LogP contribution in [0, 0.1) is 5.92 Å². The van der Waals surface area contributed by atoms with Crippen molar-refractivity contribution in [3.63, 3.8) is 0 Å². The average molecular weight is 264 g/mol. The van der Waals surface area contributed by atoms with E-state index in [2.05, 4.69) is 11.9 Å². The first-order valence-corrected chi connectivity index (χ1v) is 6.77. The van der Waals surface area contributed by atoms with E-state index < -0.39 is 5.97 Å². The second kappa shape index (κ2) is 5.91. The fourth-order valence-electron chi connectivity index (χ4n) is 2.68. The summed E-state index contributed by atoms with van der Waals surface area (Å²) in [4.78, 5) is 15.1. The van der Waals surface area contributed by atoms with Crippen molar-refractivity contribution < 1.29 is 14.6 Å². The van der Waals surface area contributed by atoms with Gasteiger partial charge in [0, 0.05) is 0 Å². The van der Waals surface area contributed by atoms with Crippen LogP contribution in [-0.4, -0.2) is 22.2 Å². The lowest BCUT2D eigenvalue weighted by atomic mass is 9.85. The topological polar surface area (TPSA) is 85.4 Å². The first kappa shape index (κ1) is 13.6. The fraction of sp³-hybridized carbons (Fsp3) is 0.571. The highest BCUT2D eigenvalue weighted by Crippen LogP contribution is 2.31. The molecule has 0 radical (unpaired) electrons. The van der Waals surface area contributed by atoms with Crippen molar-refractivity contribution in [3.05, 3.63) is 17.8 Å². The number of rotatable bonds is 4. The van der Waals surface area contributed by atoms with Gasteiger partial charge in [-0.05, 0) is 37.7 Å². The maximum atomic E-state index is 11.2. The largest absolute Gasteiger partial charge is 0.488 e. The molecule has 1 aromatic heterocycles. The van der Waals surface area contributed by atoms with E-state index in [9.17, 15) is 9.90 Å². The summed E-state index contributed by atoms with van der Waals surface area (Å²) in [6.07, 6.45) is 7.03. The minimum atomic E-state index is -1.03. The van der Waals surface area contributed by atoms with Crippen molar-refractivity contribution in [2.75, 3.05) is 5.73 Å². The molecule has 2 atom stereocenters. The molecule has 5 nitrogen and oxygen atoms in total. The van der Waals surface area contributed by atoms with Gasteiger partial charge in [0.05, 0.1) is 6.20 Å². The normalized spacial score (nSPS) is 23.0. The molecular weight excluding hydrogens is 244 g/mol. The molecule has 2 unspecified atom stereocenters. The van der Waals surface area contributed by atoms with Crippen LogP contribution in [0.5, 0.6) is 5.75 Å². The third kappa shape index (κ3) is 3.16. The Morgan fingerprint density at radius 3 is 2.95 bits per heavy atom.